The molecule has 1 aromatic heterocycles. The fourth-order valence-corrected chi connectivity index (χ4v) is 3.45. The van der Waals surface area contributed by atoms with Gasteiger partial charge in [0.05, 0.1) is 17.3 Å². The molecule has 0 atom stereocenters. The molecular formula is C20H17ClN2O3S. The first kappa shape index (κ1) is 19.1. The summed E-state index contributed by atoms with van der Waals surface area (Å²) in [6.45, 7) is 0.136. The molecule has 2 aromatic carbocycles. The zero-order valence-corrected chi connectivity index (χ0v) is 16.2. The van der Waals surface area contributed by atoms with Crippen LogP contribution in [0.2, 0.25) is 5.02 Å². The molecule has 0 bridgehead atoms. The van der Waals surface area contributed by atoms with Crippen LogP contribution in [0.15, 0.2) is 54.6 Å². The summed E-state index contributed by atoms with van der Waals surface area (Å²) in [4.78, 5) is 30.2. The minimum Gasteiger partial charge on any atom is -0.468 e. The summed E-state index contributed by atoms with van der Waals surface area (Å²) in [7, 11) is 1.30. The van der Waals surface area contributed by atoms with Crippen LogP contribution >= 0.6 is 22.9 Å². The van der Waals surface area contributed by atoms with Gasteiger partial charge in [0.1, 0.15) is 11.6 Å². The van der Waals surface area contributed by atoms with Gasteiger partial charge >= 0.3 is 5.97 Å². The highest BCUT2D eigenvalue weighted by Crippen LogP contribution is 2.22. The van der Waals surface area contributed by atoms with E-state index in [2.05, 4.69) is 4.98 Å². The standard InChI is InChI=1S/C20H17ClN2O3S/c1-26-20(25)13-23(12-14-6-8-15(21)9-7-14)19(24)11-10-18-22-16-4-2-3-5-17(16)27-18/h2-11H,12-13H2,1H3. The summed E-state index contributed by atoms with van der Waals surface area (Å²) in [5.74, 6) is -0.777. The Labute approximate surface area is 165 Å². The van der Waals surface area contributed by atoms with Crippen LogP contribution in [0.3, 0.4) is 0 Å². The van der Waals surface area contributed by atoms with Crippen molar-refractivity contribution in [2.24, 2.45) is 0 Å². The number of hydrogen-bond donors (Lipinski definition) is 0. The Kier molecular flexibility index (Phi) is 6.21. The van der Waals surface area contributed by atoms with E-state index in [0.717, 1.165) is 20.8 Å². The van der Waals surface area contributed by atoms with E-state index < -0.39 is 5.97 Å². The van der Waals surface area contributed by atoms with E-state index in [4.69, 9.17) is 16.3 Å². The zero-order chi connectivity index (χ0) is 19.2. The summed E-state index contributed by atoms with van der Waals surface area (Å²) in [6, 6.07) is 14.9. The number of nitrogens with zero attached hydrogens (tertiary/aromatic N) is 2. The predicted octanol–water partition coefficient (Wildman–Crippen LogP) is 4.16. The molecule has 0 aliphatic carbocycles. The molecule has 5 nitrogen and oxygen atoms in total. The molecular weight excluding hydrogens is 384 g/mol. The number of rotatable bonds is 6. The van der Waals surface area contributed by atoms with E-state index >= 15 is 0 Å². The summed E-state index contributed by atoms with van der Waals surface area (Å²) >= 11 is 7.40. The molecule has 0 radical (unpaired) electrons. The molecule has 1 amide bonds. The molecule has 3 aromatic rings. The number of carbonyl (C=O) groups excluding carboxylic acids is 2. The average molecular weight is 401 g/mol. The third-order valence-electron chi connectivity index (χ3n) is 3.82. The Hall–Kier alpha value is -2.70. The second-order valence-corrected chi connectivity index (χ2v) is 7.25. The van der Waals surface area contributed by atoms with Crippen molar-refractivity contribution in [2.75, 3.05) is 13.7 Å². The van der Waals surface area contributed by atoms with Crippen LogP contribution in [0.5, 0.6) is 0 Å². The number of halogens is 1. The van der Waals surface area contributed by atoms with Crippen LogP contribution in [-0.4, -0.2) is 35.4 Å². The second kappa shape index (κ2) is 8.79. The number of para-hydroxylation sites is 1. The molecule has 7 heteroatoms. The SMILES string of the molecule is COC(=O)CN(Cc1ccc(Cl)cc1)C(=O)C=Cc1nc2ccccc2s1. The Morgan fingerprint density at radius 3 is 2.63 bits per heavy atom. The monoisotopic (exact) mass is 400 g/mol. The maximum Gasteiger partial charge on any atom is 0.325 e. The Morgan fingerprint density at radius 1 is 1.19 bits per heavy atom. The number of aromatic nitrogens is 1. The third-order valence-corrected chi connectivity index (χ3v) is 5.08. The summed E-state index contributed by atoms with van der Waals surface area (Å²) in [5, 5.41) is 1.34. The van der Waals surface area contributed by atoms with E-state index in [9.17, 15) is 9.59 Å². The van der Waals surface area contributed by atoms with Gasteiger partial charge in [-0.2, -0.15) is 0 Å². The van der Waals surface area contributed by atoms with Crippen molar-refractivity contribution in [2.45, 2.75) is 6.54 Å². The molecule has 0 saturated carbocycles. The first-order valence-electron chi connectivity index (χ1n) is 8.19. The lowest BCUT2D eigenvalue weighted by Gasteiger charge is -2.20. The summed E-state index contributed by atoms with van der Waals surface area (Å²) in [5.41, 5.74) is 1.76. The van der Waals surface area contributed by atoms with Gasteiger partial charge < -0.3 is 9.64 Å². The molecule has 138 valence electrons. The first-order chi connectivity index (χ1) is 13.0. The number of esters is 1. The quantitative estimate of drug-likeness (QED) is 0.460. The van der Waals surface area contributed by atoms with E-state index in [0.29, 0.717) is 5.02 Å². The van der Waals surface area contributed by atoms with Crippen molar-refractivity contribution < 1.29 is 14.3 Å². The highest BCUT2D eigenvalue weighted by Gasteiger charge is 2.16. The van der Waals surface area contributed by atoms with Crippen molar-refractivity contribution in [1.29, 1.82) is 0 Å². The van der Waals surface area contributed by atoms with Gasteiger partial charge in [-0.05, 0) is 35.9 Å². The number of fused-ring (bicyclic) bond motifs is 1. The minimum absolute atomic E-state index is 0.137. The van der Waals surface area contributed by atoms with Crippen molar-refractivity contribution in [3.05, 3.63) is 70.2 Å². The number of ether oxygens (including phenoxy) is 1. The zero-order valence-electron chi connectivity index (χ0n) is 14.6. The lowest BCUT2D eigenvalue weighted by atomic mass is 10.2. The number of carbonyl (C=O) groups is 2. The van der Waals surface area contributed by atoms with Crippen molar-refractivity contribution in [3.8, 4) is 0 Å². The van der Waals surface area contributed by atoms with E-state index in [1.165, 1.54) is 29.4 Å². The fraction of sp³-hybridized carbons (Fsp3) is 0.150. The lowest BCUT2D eigenvalue weighted by molar-refractivity contribution is -0.145. The van der Waals surface area contributed by atoms with Gasteiger partial charge in [0.2, 0.25) is 5.91 Å². The van der Waals surface area contributed by atoms with Crippen LogP contribution in [0, 0.1) is 0 Å². The van der Waals surface area contributed by atoms with Crippen molar-refractivity contribution in [1.82, 2.24) is 9.88 Å². The predicted molar refractivity (Wildman–Crippen MR) is 108 cm³/mol. The molecule has 0 fully saturated rings. The number of thiazole rings is 1. The van der Waals surface area contributed by atoms with Crippen LogP contribution < -0.4 is 0 Å². The number of methoxy groups -OCH3 is 1. The average Bonchev–Trinajstić information content (AvgIpc) is 3.10. The van der Waals surface area contributed by atoms with Gasteiger partial charge in [-0.3, -0.25) is 9.59 Å². The maximum absolute atomic E-state index is 12.6. The van der Waals surface area contributed by atoms with Gasteiger partial charge in [-0.25, -0.2) is 4.98 Å². The third kappa shape index (κ3) is 5.15. The molecule has 3 rings (SSSR count). The number of hydrogen-bond acceptors (Lipinski definition) is 5. The maximum atomic E-state index is 12.6. The van der Waals surface area contributed by atoms with Gasteiger partial charge in [0.25, 0.3) is 0 Å². The van der Waals surface area contributed by atoms with Crippen LogP contribution in [0.25, 0.3) is 16.3 Å². The highest BCUT2D eigenvalue weighted by atomic mass is 35.5. The molecule has 0 spiro atoms. The van der Waals surface area contributed by atoms with Crippen molar-refractivity contribution >= 4 is 51.1 Å². The fourth-order valence-electron chi connectivity index (χ4n) is 2.45. The van der Waals surface area contributed by atoms with Crippen molar-refractivity contribution in [3.63, 3.8) is 0 Å². The molecule has 0 N–H and O–H groups in total. The first-order valence-corrected chi connectivity index (χ1v) is 9.38. The molecule has 1 heterocycles. The summed E-state index contributed by atoms with van der Waals surface area (Å²) in [6.07, 6.45) is 3.09. The normalized spacial score (nSPS) is 11.0. The minimum atomic E-state index is -0.481. The molecule has 0 unspecified atom stereocenters. The topological polar surface area (TPSA) is 59.5 Å². The Balaban J connectivity index is 1.76. The van der Waals surface area contributed by atoms with Crippen LogP contribution in [-0.2, 0) is 20.9 Å². The largest absolute Gasteiger partial charge is 0.468 e. The van der Waals surface area contributed by atoms with Gasteiger partial charge in [0.15, 0.2) is 0 Å². The Bertz CT molecular complexity index is 949. The van der Waals surface area contributed by atoms with Gasteiger partial charge in [-0.1, -0.05) is 35.9 Å². The van der Waals surface area contributed by atoms with E-state index in [1.54, 1.807) is 18.2 Å². The molecule has 27 heavy (non-hydrogen) atoms. The second-order valence-electron chi connectivity index (χ2n) is 5.75. The Morgan fingerprint density at radius 2 is 1.93 bits per heavy atom. The van der Waals surface area contributed by atoms with E-state index in [1.807, 2.05) is 36.4 Å². The molecule has 0 aliphatic heterocycles. The van der Waals surface area contributed by atoms with Crippen LogP contribution in [0.4, 0.5) is 0 Å². The molecule has 0 saturated heterocycles. The number of amides is 1. The lowest BCUT2D eigenvalue weighted by Crippen LogP contribution is -2.34. The van der Waals surface area contributed by atoms with Gasteiger partial charge in [-0.15, -0.1) is 11.3 Å². The number of benzene rings is 2. The molecule has 0 aliphatic rings. The summed E-state index contributed by atoms with van der Waals surface area (Å²) < 4.78 is 5.75. The highest BCUT2D eigenvalue weighted by molar-refractivity contribution is 7.19. The van der Waals surface area contributed by atoms with E-state index in [-0.39, 0.29) is 19.0 Å². The smallest absolute Gasteiger partial charge is 0.325 e. The van der Waals surface area contributed by atoms with Crippen LogP contribution in [0.1, 0.15) is 10.6 Å². The van der Waals surface area contributed by atoms with Gasteiger partial charge in [0, 0.05) is 17.6 Å².